The average molecular weight is 258 g/mol. The van der Waals surface area contributed by atoms with Crippen molar-refractivity contribution in [2.75, 3.05) is 11.9 Å². The SMILES string of the molecule is Cc1noc(C)c1CCC(=O)N(C)c1ccccc1. The van der Waals surface area contributed by atoms with E-state index in [9.17, 15) is 4.79 Å². The lowest BCUT2D eigenvalue weighted by Crippen LogP contribution is -2.26. The first-order valence-electron chi connectivity index (χ1n) is 6.33. The van der Waals surface area contributed by atoms with E-state index in [2.05, 4.69) is 5.16 Å². The molecule has 0 aliphatic carbocycles. The van der Waals surface area contributed by atoms with Gasteiger partial charge in [-0.2, -0.15) is 0 Å². The monoisotopic (exact) mass is 258 g/mol. The number of nitrogens with zero attached hydrogens (tertiary/aromatic N) is 2. The van der Waals surface area contributed by atoms with Crippen LogP contribution in [0.4, 0.5) is 5.69 Å². The molecule has 0 saturated carbocycles. The van der Waals surface area contributed by atoms with E-state index in [1.807, 2.05) is 44.2 Å². The number of rotatable bonds is 4. The molecule has 0 aliphatic heterocycles. The zero-order valence-electron chi connectivity index (χ0n) is 11.5. The van der Waals surface area contributed by atoms with E-state index in [0.717, 1.165) is 22.7 Å². The molecular formula is C15H18N2O2. The molecule has 100 valence electrons. The van der Waals surface area contributed by atoms with Crippen LogP contribution in [0.1, 0.15) is 23.4 Å². The Bertz CT molecular complexity index is 541. The van der Waals surface area contributed by atoms with Crippen molar-refractivity contribution < 1.29 is 9.32 Å². The zero-order chi connectivity index (χ0) is 13.8. The standard InChI is InChI=1S/C15H18N2O2/c1-11-14(12(2)19-16-11)9-10-15(18)17(3)13-7-5-4-6-8-13/h4-8H,9-10H2,1-3H3. The van der Waals surface area contributed by atoms with Crippen LogP contribution in [0.15, 0.2) is 34.9 Å². The van der Waals surface area contributed by atoms with E-state index >= 15 is 0 Å². The molecule has 1 aromatic heterocycles. The molecule has 2 rings (SSSR count). The van der Waals surface area contributed by atoms with Crippen molar-refractivity contribution in [1.29, 1.82) is 0 Å². The Hall–Kier alpha value is -2.10. The average Bonchev–Trinajstić information content (AvgIpc) is 2.75. The van der Waals surface area contributed by atoms with E-state index in [1.165, 1.54) is 0 Å². The van der Waals surface area contributed by atoms with Gasteiger partial charge in [0.05, 0.1) is 5.69 Å². The summed E-state index contributed by atoms with van der Waals surface area (Å²) in [5, 5.41) is 3.90. The van der Waals surface area contributed by atoms with Crippen molar-refractivity contribution in [2.24, 2.45) is 0 Å². The first kappa shape index (κ1) is 13.3. The zero-order valence-corrected chi connectivity index (χ0v) is 11.5. The van der Waals surface area contributed by atoms with Gasteiger partial charge in [0.2, 0.25) is 5.91 Å². The van der Waals surface area contributed by atoms with Crippen LogP contribution in [0, 0.1) is 13.8 Å². The molecule has 0 atom stereocenters. The van der Waals surface area contributed by atoms with Crippen molar-refractivity contribution in [3.8, 4) is 0 Å². The summed E-state index contributed by atoms with van der Waals surface area (Å²) >= 11 is 0. The Labute approximate surface area is 113 Å². The fourth-order valence-electron chi connectivity index (χ4n) is 2.05. The van der Waals surface area contributed by atoms with Gasteiger partial charge >= 0.3 is 0 Å². The lowest BCUT2D eigenvalue weighted by atomic mass is 10.1. The van der Waals surface area contributed by atoms with Gasteiger partial charge in [-0.1, -0.05) is 23.4 Å². The van der Waals surface area contributed by atoms with Crippen molar-refractivity contribution in [1.82, 2.24) is 5.16 Å². The predicted octanol–water partition coefficient (Wildman–Crippen LogP) is 2.89. The van der Waals surface area contributed by atoms with Gasteiger partial charge < -0.3 is 9.42 Å². The van der Waals surface area contributed by atoms with Crippen molar-refractivity contribution >= 4 is 11.6 Å². The first-order chi connectivity index (χ1) is 9.09. The number of anilines is 1. The van der Waals surface area contributed by atoms with Gasteiger partial charge in [0, 0.05) is 24.7 Å². The lowest BCUT2D eigenvalue weighted by Gasteiger charge is -2.17. The number of benzene rings is 1. The van der Waals surface area contributed by atoms with Crippen LogP contribution in [-0.4, -0.2) is 18.1 Å². The molecule has 4 heteroatoms. The maximum absolute atomic E-state index is 12.1. The van der Waals surface area contributed by atoms with Crippen molar-refractivity contribution in [3.63, 3.8) is 0 Å². The fraction of sp³-hybridized carbons (Fsp3) is 0.333. The van der Waals surface area contributed by atoms with Gasteiger partial charge in [-0.05, 0) is 32.4 Å². The van der Waals surface area contributed by atoms with Crippen LogP contribution < -0.4 is 4.90 Å². The molecule has 19 heavy (non-hydrogen) atoms. The Balaban J connectivity index is 1.99. The highest BCUT2D eigenvalue weighted by atomic mass is 16.5. The van der Waals surface area contributed by atoms with E-state index in [4.69, 9.17) is 4.52 Å². The fourth-order valence-corrected chi connectivity index (χ4v) is 2.05. The van der Waals surface area contributed by atoms with Gasteiger partial charge in [0.15, 0.2) is 0 Å². The van der Waals surface area contributed by atoms with Crippen LogP contribution in [0.5, 0.6) is 0 Å². The minimum atomic E-state index is 0.0891. The Kier molecular flexibility index (Phi) is 4.00. The molecule has 0 bridgehead atoms. The van der Waals surface area contributed by atoms with Gasteiger partial charge in [0.1, 0.15) is 5.76 Å². The molecule has 0 radical (unpaired) electrons. The summed E-state index contributed by atoms with van der Waals surface area (Å²) in [7, 11) is 1.80. The summed E-state index contributed by atoms with van der Waals surface area (Å²) in [6.07, 6.45) is 1.12. The van der Waals surface area contributed by atoms with Gasteiger partial charge in [-0.3, -0.25) is 4.79 Å². The maximum atomic E-state index is 12.1. The third-order valence-electron chi connectivity index (χ3n) is 3.29. The Morgan fingerprint density at radius 1 is 1.26 bits per heavy atom. The predicted molar refractivity (Wildman–Crippen MR) is 74.2 cm³/mol. The van der Waals surface area contributed by atoms with Gasteiger partial charge in [-0.25, -0.2) is 0 Å². The normalized spacial score (nSPS) is 10.5. The third-order valence-corrected chi connectivity index (χ3v) is 3.29. The van der Waals surface area contributed by atoms with E-state index in [1.54, 1.807) is 11.9 Å². The number of aromatic nitrogens is 1. The number of para-hydroxylation sites is 1. The van der Waals surface area contributed by atoms with Crippen LogP contribution >= 0.6 is 0 Å². The molecule has 0 saturated heterocycles. The summed E-state index contributed by atoms with van der Waals surface area (Å²) in [5.41, 5.74) is 2.81. The number of aryl methyl sites for hydroxylation is 2. The highest BCUT2D eigenvalue weighted by molar-refractivity contribution is 5.92. The van der Waals surface area contributed by atoms with E-state index < -0.39 is 0 Å². The molecule has 0 aliphatic rings. The second kappa shape index (κ2) is 5.69. The highest BCUT2D eigenvalue weighted by Crippen LogP contribution is 2.17. The Morgan fingerprint density at radius 2 is 1.95 bits per heavy atom. The number of hydrogen-bond donors (Lipinski definition) is 0. The molecular weight excluding hydrogens is 240 g/mol. The molecule has 1 heterocycles. The van der Waals surface area contributed by atoms with Crippen molar-refractivity contribution in [2.45, 2.75) is 26.7 Å². The van der Waals surface area contributed by atoms with Gasteiger partial charge in [-0.15, -0.1) is 0 Å². The van der Waals surface area contributed by atoms with E-state index in [-0.39, 0.29) is 5.91 Å². The molecule has 1 amide bonds. The summed E-state index contributed by atoms with van der Waals surface area (Å²) in [4.78, 5) is 13.8. The summed E-state index contributed by atoms with van der Waals surface area (Å²) in [6.45, 7) is 3.78. The minimum absolute atomic E-state index is 0.0891. The van der Waals surface area contributed by atoms with E-state index in [0.29, 0.717) is 12.8 Å². The number of hydrogen-bond acceptors (Lipinski definition) is 3. The lowest BCUT2D eigenvalue weighted by molar-refractivity contribution is -0.118. The number of carbonyl (C=O) groups is 1. The van der Waals surface area contributed by atoms with Crippen LogP contribution in [0.3, 0.4) is 0 Å². The van der Waals surface area contributed by atoms with Gasteiger partial charge in [0.25, 0.3) is 0 Å². The number of carbonyl (C=O) groups excluding carboxylic acids is 1. The molecule has 0 N–H and O–H groups in total. The maximum Gasteiger partial charge on any atom is 0.227 e. The molecule has 4 nitrogen and oxygen atoms in total. The molecule has 1 aromatic carbocycles. The largest absolute Gasteiger partial charge is 0.361 e. The summed E-state index contributed by atoms with van der Waals surface area (Å²) in [5.74, 6) is 0.888. The smallest absolute Gasteiger partial charge is 0.227 e. The van der Waals surface area contributed by atoms with Crippen LogP contribution in [0.2, 0.25) is 0 Å². The van der Waals surface area contributed by atoms with Crippen LogP contribution in [-0.2, 0) is 11.2 Å². The molecule has 0 spiro atoms. The molecule has 0 unspecified atom stereocenters. The third kappa shape index (κ3) is 3.02. The highest BCUT2D eigenvalue weighted by Gasteiger charge is 2.14. The van der Waals surface area contributed by atoms with Crippen LogP contribution in [0.25, 0.3) is 0 Å². The molecule has 0 fully saturated rings. The molecule has 2 aromatic rings. The van der Waals surface area contributed by atoms with Crippen molar-refractivity contribution in [3.05, 3.63) is 47.3 Å². The second-order valence-electron chi connectivity index (χ2n) is 4.59. The summed E-state index contributed by atoms with van der Waals surface area (Å²) < 4.78 is 5.10. The minimum Gasteiger partial charge on any atom is -0.361 e. The number of amides is 1. The summed E-state index contributed by atoms with van der Waals surface area (Å²) in [6, 6.07) is 9.63. The second-order valence-corrected chi connectivity index (χ2v) is 4.59. The first-order valence-corrected chi connectivity index (χ1v) is 6.33. The Morgan fingerprint density at radius 3 is 2.53 bits per heavy atom. The quantitative estimate of drug-likeness (QED) is 0.847. The topological polar surface area (TPSA) is 46.3 Å².